The molecule has 102 valence electrons. The molecule has 0 heterocycles. The van der Waals surface area contributed by atoms with Crippen LogP contribution in [0.4, 0.5) is 0 Å². The Morgan fingerprint density at radius 2 is 2.06 bits per heavy atom. The normalized spacial score (nSPS) is 13.3. The Bertz CT molecular complexity index is 471. The van der Waals surface area contributed by atoms with Crippen molar-refractivity contribution in [1.29, 1.82) is 0 Å². The smallest absolute Gasteiger partial charge is 0.308 e. The van der Waals surface area contributed by atoms with Gasteiger partial charge in [-0.25, -0.2) is 0 Å². The third kappa shape index (κ3) is 5.06. The van der Waals surface area contributed by atoms with Gasteiger partial charge in [-0.2, -0.15) is 8.42 Å². The van der Waals surface area contributed by atoms with Crippen LogP contribution in [-0.2, 0) is 16.7 Å². The Balaban J connectivity index is 2.68. The minimum atomic E-state index is -3.45. The highest BCUT2D eigenvalue weighted by atomic mass is 32.2. The van der Waals surface area contributed by atoms with E-state index in [1.54, 1.807) is 25.1 Å². The zero-order chi connectivity index (χ0) is 13.6. The van der Waals surface area contributed by atoms with Crippen molar-refractivity contribution < 1.29 is 12.6 Å². The molecule has 0 radical (unpaired) electrons. The quantitative estimate of drug-likeness (QED) is 0.773. The zero-order valence-corrected chi connectivity index (χ0v) is 12.0. The first-order valence-corrected chi connectivity index (χ1v) is 7.79. The first kappa shape index (κ1) is 15.0. The molecule has 0 saturated heterocycles. The number of nitrogens with one attached hydrogen (secondary N) is 1. The molecule has 1 N–H and O–H groups in total. The average molecular weight is 271 g/mol. The van der Waals surface area contributed by atoms with Gasteiger partial charge >= 0.3 is 10.1 Å². The molecule has 0 bridgehead atoms. The molecule has 0 aromatic heterocycles. The van der Waals surface area contributed by atoms with Crippen molar-refractivity contribution in [2.75, 3.05) is 5.75 Å². The second-order valence-corrected chi connectivity index (χ2v) is 6.13. The first-order chi connectivity index (χ1) is 8.46. The number of hydrogen-bond acceptors (Lipinski definition) is 4. The van der Waals surface area contributed by atoms with Crippen molar-refractivity contribution in [3.63, 3.8) is 0 Å². The molecular formula is C13H21NO3S. The second-order valence-electron chi connectivity index (χ2n) is 4.27. The van der Waals surface area contributed by atoms with E-state index in [-0.39, 0.29) is 5.75 Å². The monoisotopic (exact) mass is 271 g/mol. The summed E-state index contributed by atoms with van der Waals surface area (Å²) in [5.41, 5.74) is 1.01. The molecular weight excluding hydrogens is 250 g/mol. The largest absolute Gasteiger partial charge is 0.382 e. The number of hydrogen-bond donors (Lipinski definition) is 1. The minimum absolute atomic E-state index is 0.0254. The minimum Gasteiger partial charge on any atom is -0.382 e. The summed E-state index contributed by atoms with van der Waals surface area (Å²) in [6, 6.07) is 7.59. The van der Waals surface area contributed by atoms with Crippen LogP contribution >= 0.6 is 0 Å². The van der Waals surface area contributed by atoms with Crippen molar-refractivity contribution in [2.45, 2.75) is 39.8 Å². The molecule has 0 aliphatic heterocycles. The van der Waals surface area contributed by atoms with Crippen LogP contribution in [0.1, 0.15) is 32.8 Å². The fraction of sp³-hybridized carbons (Fsp3) is 0.538. The molecule has 1 atom stereocenters. The van der Waals surface area contributed by atoms with E-state index >= 15 is 0 Å². The molecule has 5 heteroatoms. The van der Waals surface area contributed by atoms with Gasteiger partial charge in [0.05, 0.1) is 5.75 Å². The highest BCUT2D eigenvalue weighted by Gasteiger charge is 2.09. The summed E-state index contributed by atoms with van der Waals surface area (Å²) in [6.07, 6.45) is 1.06. The van der Waals surface area contributed by atoms with Crippen LogP contribution in [0.2, 0.25) is 0 Å². The third-order valence-corrected chi connectivity index (χ3v) is 3.90. The Kier molecular flexibility index (Phi) is 5.62. The third-order valence-electron chi connectivity index (χ3n) is 2.74. The molecule has 0 saturated carbocycles. The fourth-order valence-electron chi connectivity index (χ4n) is 1.35. The van der Waals surface area contributed by atoms with Crippen LogP contribution in [0.5, 0.6) is 5.75 Å². The lowest BCUT2D eigenvalue weighted by Crippen LogP contribution is -2.24. The standard InChI is InChI=1S/C13H21NO3S/c1-4-11(3)14-10-12-7-6-8-13(9-12)17-18(15,16)5-2/h6-9,11,14H,4-5,10H2,1-3H3/t11-/m0/s1. The van der Waals surface area contributed by atoms with E-state index in [1.807, 2.05) is 6.07 Å². The van der Waals surface area contributed by atoms with E-state index in [9.17, 15) is 8.42 Å². The van der Waals surface area contributed by atoms with Gasteiger partial charge in [0.1, 0.15) is 5.75 Å². The van der Waals surface area contributed by atoms with Crippen LogP contribution in [0.25, 0.3) is 0 Å². The van der Waals surface area contributed by atoms with Gasteiger partial charge in [-0.1, -0.05) is 19.1 Å². The molecule has 1 aromatic rings. The predicted molar refractivity (Wildman–Crippen MR) is 73.1 cm³/mol. The van der Waals surface area contributed by atoms with Gasteiger partial charge in [0.2, 0.25) is 0 Å². The molecule has 0 spiro atoms. The van der Waals surface area contributed by atoms with Crippen molar-refractivity contribution in [2.24, 2.45) is 0 Å². The Hall–Kier alpha value is -1.07. The van der Waals surface area contributed by atoms with Crippen LogP contribution < -0.4 is 9.50 Å². The second kappa shape index (κ2) is 6.75. The van der Waals surface area contributed by atoms with Crippen molar-refractivity contribution >= 4 is 10.1 Å². The SMILES string of the molecule is CC[C@H](C)NCc1cccc(OS(=O)(=O)CC)c1. The van der Waals surface area contributed by atoms with E-state index in [0.29, 0.717) is 18.3 Å². The van der Waals surface area contributed by atoms with E-state index in [1.165, 1.54) is 0 Å². The van der Waals surface area contributed by atoms with Crippen molar-refractivity contribution in [3.05, 3.63) is 29.8 Å². The van der Waals surface area contributed by atoms with Gasteiger partial charge in [0, 0.05) is 12.6 Å². The van der Waals surface area contributed by atoms with E-state index < -0.39 is 10.1 Å². The van der Waals surface area contributed by atoms with Gasteiger partial charge < -0.3 is 9.50 Å². The predicted octanol–water partition coefficient (Wildman–Crippen LogP) is 2.30. The van der Waals surface area contributed by atoms with Crippen LogP contribution in [0.3, 0.4) is 0 Å². The molecule has 18 heavy (non-hydrogen) atoms. The van der Waals surface area contributed by atoms with E-state index in [4.69, 9.17) is 4.18 Å². The van der Waals surface area contributed by atoms with Crippen LogP contribution in [-0.4, -0.2) is 20.2 Å². The first-order valence-electron chi connectivity index (χ1n) is 6.21. The van der Waals surface area contributed by atoms with Crippen LogP contribution in [0.15, 0.2) is 24.3 Å². The van der Waals surface area contributed by atoms with Crippen LogP contribution in [0, 0.1) is 0 Å². The maximum Gasteiger partial charge on any atom is 0.308 e. The lowest BCUT2D eigenvalue weighted by Gasteiger charge is -2.12. The zero-order valence-electron chi connectivity index (χ0n) is 11.1. The lowest BCUT2D eigenvalue weighted by atomic mass is 10.2. The molecule has 0 aliphatic rings. The molecule has 1 rings (SSSR count). The fourth-order valence-corrected chi connectivity index (χ4v) is 1.86. The van der Waals surface area contributed by atoms with Crippen molar-refractivity contribution in [3.8, 4) is 5.75 Å². The maximum atomic E-state index is 11.4. The Morgan fingerprint density at radius 1 is 1.33 bits per heavy atom. The Labute approximate surface area is 109 Å². The highest BCUT2D eigenvalue weighted by Crippen LogP contribution is 2.15. The highest BCUT2D eigenvalue weighted by molar-refractivity contribution is 7.87. The summed E-state index contributed by atoms with van der Waals surface area (Å²) in [4.78, 5) is 0. The maximum absolute atomic E-state index is 11.4. The molecule has 0 amide bonds. The summed E-state index contributed by atoms with van der Waals surface area (Å²) in [5.74, 6) is 0.350. The lowest BCUT2D eigenvalue weighted by molar-refractivity contribution is 0.486. The average Bonchev–Trinajstić information content (AvgIpc) is 2.36. The van der Waals surface area contributed by atoms with Gasteiger partial charge in [0.15, 0.2) is 0 Å². The molecule has 0 unspecified atom stereocenters. The summed E-state index contributed by atoms with van der Waals surface area (Å²) in [7, 11) is -3.45. The Morgan fingerprint density at radius 3 is 2.67 bits per heavy atom. The molecule has 0 aliphatic carbocycles. The van der Waals surface area contributed by atoms with Crippen molar-refractivity contribution in [1.82, 2.24) is 5.32 Å². The molecule has 0 fully saturated rings. The molecule has 1 aromatic carbocycles. The van der Waals surface area contributed by atoms with Gasteiger partial charge in [0.25, 0.3) is 0 Å². The van der Waals surface area contributed by atoms with Gasteiger partial charge in [-0.05, 0) is 38.0 Å². The van der Waals surface area contributed by atoms with Gasteiger partial charge in [-0.3, -0.25) is 0 Å². The summed E-state index contributed by atoms with van der Waals surface area (Å²) in [6.45, 7) is 6.50. The summed E-state index contributed by atoms with van der Waals surface area (Å²) >= 11 is 0. The van der Waals surface area contributed by atoms with Gasteiger partial charge in [-0.15, -0.1) is 0 Å². The van der Waals surface area contributed by atoms with E-state index in [2.05, 4.69) is 19.2 Å². The summed E-state index contributed by atoms with van der Waals surface area (Å²) in [5, 5.41) is 3.35. The topological polar surface area (TPSA) is 55.4 Å². The van der Waals surface area contributed by atoms with E-state index in [0.717, 1.165) is 12.0 Å². The molecule has 4 nitrogen and oxygen atoms in total. The summed E-state index contributed by atoms with van der Waals surface area (Å²) < 4.78 is 27.7. The number of rotatable bonds is 7. The number of benzene rings is 1.